The summed E-state index contributed by atoms with van der Waals surface area (Å²) in [5.74, 6) is 0.152. The summed E-state index contributed by atoms with van der Waals surface area (Å²) < 4.78 is 17.4. The summed E-state index contributed by atoms with van der Waals surface area (Å²) >= 11 is 0. The largest absolute Gasteiger partial charge is 0.458 e. The second kappa shape index (κ2) is 10.2. The van der Waals surface area contributed by atoms with Crippen LogP contribution in [-0.4, -0.2) is 32.6 Å². The first kappa shape index (κ1) is 24.1. The number of carbonyl (C=O) groups excluding carboxylic acids is 2. The van der Waals surface area contributed by atoms with Gasteiger partial charge in [0.05, 0.1) is 0 Å². The first-order chi connectivity index (χ1) is 13.5. The SMILES string of the molecule is CC(=O)OC(CCCCCC1CCCC1)C1=CC(=O)OC1O[Si](C)(C)C(C)(C)C. The number of esters is 2. The van der Waals surface area contributed by atoms with Gasteiger partial charge < -0.3 is 13.9 Å². The molecule has 1 heterocycles. The maximum atomic E-state index is 12.0. The highest BCUT2D eigenvalue weighted by Crippen LogP contribution is 2.40. The third kappa shape index (κ3) is 7.25. The van der Waals surface area contributed by atoms with Crippen molar-refractivity contribution in [2.24, 2.45) is 5.92 Å². The molecule has 0 aromatic heterocycles. The maximum absolute atomic E-state index is 12.0. The van der Waals surface area contributed by atoms with Crippen LogP contribution < -0.4 is 0 Å². The van der Waals surface area contributed by atoms with Gasteiger partial charge in [-0.05, 0) is 36.9 Å². The third-order valence-electron chi connectivity index (χ3n) is 6.72. The van der Waals surface area contributed by atoms with Gasteiger partial charge in [0.15, 0.2) is 8.32 Å². The van der Waals surface area contributed by atoms with Gasteiger partial charge >= 0.3 is 11.9 Å². The van der Waals surface area contributed by atoms with Gasteiger partial charge in [-0.15, -0.1) is 0 Å². The molecule has 29 heavy (non-hydrogen) atoms. The molecular weight excluding hydrogens is 384 g/mol. The Labute approximate surface area is 177 Å². The fraction of sp³-hybridized carbons (Fsp3) is 0.826. The molecule has 0 N–H and O–H groups in total. The van der Waals surface area contributed by atoms with E-state index in [0.29, 0.717) is 12.0 Å². The van der Waals surface area contributed by atoms with Gasteiger partial charge in [0.25, 0.3) is 0 Å². The first-order valence-electron chi connectivity index (χ1n) is 11.3. The lowest BCUT2D eigenvalue weighted by molar-refractivity contribution is -0.152. The second-order valence-electron chi connectivity index (χ2n) is 10.2. The third-order valence-corrected chi connectivity index (χ3v) is 11.1. The lowest BCUT2D eigenvalue weighted by atomic mass is 9.97. The van der Waals surface area contributed by atoms with Gasteiger partial charge in [0.2, 0.25) is 6.29 Å². The predicted molar refractivity (Wildman–Crippen MR) is 117 cm³/mol. The minimum Gasteiger partial charge on any atom is -0.458 e. The fourth-order valence-electron chi connectivity index (χ4n) is 3.93. The minimum atomic E-state index is -2.14. The van der Waals surface area contributed by atoms with E-state index in [1.807, 2.05) is 0 Å². The highest BCUT2D eigenvalue weighted by molar-refractivity contribution is 6.74. The zero-order chi connectivity index (χ0) is 21.7. The topological polar surface area (TPSA) is 61.8 Å². The summed E-state index contributed by atoms with van der Waals surface area (Å²) in [5.41, 5.74) is 0.658. The number of rotatable bonds is 10. The summed E-state index contributed by atoms with van der Waals surface area (Å²) in [7, 11) is -2.14. The molecule has 0 radical (unpaired) electrons. The first-order valence-corrected chi connectivity index (χ1v) is 14.2. The van der Waals surface area contributed by atoms with Gasteiger partial charge in [0.1, 0.15) is 6.10 Å². The number of carbonyl (C=O) groups is 2. The molecule has 5 nitrogen and oxygen atoms in total. The molecule has 2 unspecified atom stereocenters. The molecule has 0 aromatic carbocycles. The van der Waals surface area contributed by atoms with Crippen molar-refractivity contribution < 1.29 is 23.5 Å². The predicted octanol–water partition coefficient (Wildman–Crippen LogP) is 5.89. The number of hydrogen-bond acceptors (Lipinski definition) is 5. The normalized spacial score (nSPS) is 21.8. The molecule has 2 aliphatic rings. The quantitative estimate of drug-likeness (QED) is 0.248. The Bertz CT molecular complexity index is 599. The van der Waals surface area contributed by atoms with Crippen LogP contribution in [0.15, 0.2) is 11.6 Å². The monoisotopic (exact) mass is 424 g/mol. The molecule has 0 aromatic rings. The van der Waals surface area contributed by atoms with E-state index < -0.39 is 26.7 Å². The maximum Gasteiger partial charge on any atom is 0.333 e. The van der Waals surface area contributed by atoms with Crippen LogP contribution in [0, 0.1) is 5.92 Å². The van der Waals surface area contributed by atoms with E-state index in [2.05, 4.69) is 33.9 Å². The van der Waals surface area contributed by atoms with Crippen LogP contribution in [0.25, 0.3) is 0 Å². The molecule has 2 atom stereocenters. The van der Waals surface area contributed by atoms with Gasteiger partial charge in [-0.2, -0.15) is 0 Å². The van der Waals surface area contributed by atoms with E-state index >= 15 is 0 Å². The van der Waals surface area contributed by atoms with E-state index in [9.17, 15) is 9.59 Å². The van der Waals surface area contributed by atoms with Crippen LogP contribution in [0.2, 0.25) is 18.1 Å². The second-order valence-corrected chi connectivity index (χ2v) is 14.9. The Hall–Kier alpha value is -1.14. The van der Waals surface area contributed by atoms with Gasteiger partial charge in [-0.3, -0.25) is 4.79 Å². The van der Waals surface area contributed by atoms with Crippen LogP contribution in [-0.2, 0) is 23.5 Å². The molecule has 2 rings (SSSR count). The van der Waals surface area contributed by atoms with Gasteiger partial charge in [-0.25, -0.2) is 4.79 Å². The zero-order valence-electron chi connectivity index (χ0n) is 19.2. The van der Waals surface area contributed by atoms with Crippen LogP contribution in [0.4, 0.5) is 0 Å². The molecule has 166 valence electrons. The molecule has 1 saturated carbocycles. The number of unbranched alkanes of at least 4 members (excludes halogenated alkanes) is 2. The van der Waals surface area contributed by atoms with Crippen LogP contribution in [0.3, 0.4) is 0 Å². The van der Waals surface area contributed by atoms with E-state index in [1.54, 1.807) is 0 Å². The van der Waals surface area contributed by atoms with Crippen LogP contribution >= 0.6 is 0 Å². The van der Waals surface area contributed by atoms with Crippen molar-refractivity contribution in [2.45, 2.75) is 116 Å². The molecule has 0 amide bonds. The molecule has 1 fully saturated rings. The van der Waals surface area contributed by atoms with Crippen molar-refractivity contribution in [3.05, 3.63) is 11.6 Å². The van der Waals surface area contributed by atoms with Crippen molar-refractivity contribution >= 4 is 20.3 Å². The van der Waals surface area contributed by atoms with Crippen molar-refractivity contribution in [1.82, 2.24) is 0 Å². The van der Waals surface area contributed by atoms with E-state index in [0.717, 1.165) is 18.8 Å². The van der Waals surface area contributed by atoms with Crippen molar-refractivity contribution in [3.63, 3.8) is 0 Å². The smallest absolute Gasteiger partial charge is 0.333 e. The van der Waals surface area contributed by atoms with Crippen molar-refractivity contribution in [2.75, 3.05) is 0 Å². The van der Waals surface area contributed by atoms with Gasteiger partial charge in [-0.1, -0.05) is 65.7 Å². The lowest BCUT2D eigenvalue weighted by Crippen LogP contribution is -2.45. The molecule has 0 saturated heterocycles. The lowest BCUT2D eigenvalue weighted by Gasteiger charge is -2.38. The summed E-state index contributed by atoms with van der Waals surface area (Å²) in [4.78, 5) is 23.7. The Morgan fingerprint density at radius 3 is 2.45 bits per heavy atom. The highest BCUT2D eigenvalue weighted by Gasteiger charge is 2.44. The average molecular weight is 425 g/mol. The van der Waals surface area contributed by atoms with E-state index in [-0.39, 0.29) is 11.0 Å². The van der Waals surface area contributed by atoms with Gasteiger partial charge in [0, 0.05) is 18.6 Å². The molecule has 1 aliphatic heterocycles. The Kier molecular flexibility index (Phi) is 8.53. The standard InChI is InChI=1S/C23H40O5Si/c1-17(24)26-20(15-9-7-8-12-18-13-10-11-14-18)19-16-21(25)27-22(19)28-29(5,6)23(2,3)4/h16,18,20,22H,7-15H2,1-6H3. The Morgan fingerprint density at radius 1 is 1.21 bits per heavy atom. The summed E-state index contributed by atoms with van der Waals surface area (Å²) in [5, 5.41) is -0.00965. The fourth-order valence-corrected chi connectivity index (χ4v) is 5.00. The summed E-state index contributed by atoms with van der Waals surface area (Å²) in [6.07, 6.45) is 11.1. The molecule has 1 aliphatic carbocycles. The van der Waals surface area contributed by atoms with E-state index in [4.69, 9.17) is 13.9 Å². The summed E-state index contributed by atoms with van der Waals surface area (Å²) in [6.45, 7) is 12.1. The highest BCUT2D eigenvalue weighted by atomic mass is 28.4. The average Bonchev–Trinajstić information content (AvgIpc) is 3.21. The Morgan fingerprint density at radius 2 is 1.86 bits per heavy atom. The Balaban J connectivity index is 1.95. The van der Waals surface area contributed by atoms with Crippen molar-refractivity contribution in [1.29, 1.82) is 0 Å². The summed E-state index contributed by atoms with van der Waals surface area (Å²) in [6, 6.07) is 0. The van der Waals surface area contributed by atoms with Crippen molar-refractivity contribution in [3.8, 4) is 0 Å². The molecule has 6 heteroatoms. The molecule has 0 bridgehead atoms. The number of ether oxygens (including phenoxy) is 2. The number of hydrogen-bond donors (Lipinski definition) is 0. The van der Waals surface area contributed by atoms with Crippen LogP contribution in [0.5, 0.6) is 0 Å². The zero-order valence-corrected chi connectivity index (χ0v) is 20.2. The van der Waals surface area contributed by atoms with Crippen LogP contribution in [0.1, 0.15) is 85.5 Å². The van der Waals surface area contributed by atoms with E-state index in [1.165, 1.54) is 51.5 Å². The molecule has 0 spiro atoms. The number of cyclic esters (lactones) is 1. The molecular formula is C23H40O5Si. The minimum absolute atomic E-state index is 0.00965.